The molecule has 3 nitrogen and oxygen atoms in total. The lowest BCUT2D eigenvalue weighted by Gasteiger charge is -2.05. The molecule has 0 radical (unpaired) electrons. The molecule has 0 saturated heterocycles. The largest absolute Gasteiger partial charge is 0.215 e. The van der Waals surface area contributed by atoms with Crippen molar-refractivity contribution in [3.63, 3.8) is 0 Å². The molecule has 0 aliphatic rings. The molecule has 0 aliphatic carbocycles. The third-order valence-electron chi connectivity index (χ3n) is 2.12. The minimum atomic E-state index is -3.09. The molecule has 0 amide bonds. The minimum absolute atomic E-state index is 0.188. The van der Waals surface area contributed by atoms with Crippen LogP contribution in [0, 0.1) is 0 Å². The van der Waals surface area contributed by atoms with Crippen molar-refractivity contribution in [2.24, 2.45) is 0 Å². The number of nitrogens with one attached hydrogen (secondary N) is 1. The van der Waals surface area contributed by atoms with Gasteiger partial charge in [0.1, 0.15) is 0 Å². The number of halogens is 1. The lowest BCUT2D eigenvalue weighted by Crippen LogP contribution is -2.28. The number of sulfonamides is 1. The fourth-order valence-corrected chi connectivity index (χ4v) is 2.56. The molecule has 0 bridgehead atoms. The van der Waals surface area contributed by atoms with Crippen molar-refractivity contribution in [3.05, 3.63) is 34.9 Å². The molecule has 90 valence electrons. The van der Waals surface area contributed by atoms with E-state index in [9.17, 15) is 8.42 Å². The smallest absolute Gasteiger partial charge is 0.211 e. The van der Waals surface area contributed by atoms with Gasteiger partial charge in [0.25, 0.3) is 0 Å². The quantitative estimate of drug-likeness (QED) is 0.854. The van der Waals surface area contributed by atoms with Crippen molar-refractivity contribution in [3.8, 4) is 0 Å². The SMILES string of the molecule is CCCS(=O)(=O)NCCc1ccc(Cl)cc1. The number of rotatable bonds is 6. The van der Waals surface area contributed by atoms with E-state index in [1.165, 1.54) is 0 Å². The number of hydrogen-bond acceptors (Lipinski definition) is 2. The molecular weight excluding hydrogens is 246 g/mol. The second-order valence-corrected chi connectivity index (χ2v) is 5.95. The van der Waals surface area contributed by atoms with E-state index in [0.29, 0.717) is 24.4 Å². The van der Waals surface area contributed by atoms with Crippen molar-refractivity contribution in [2.75, 3.05) is 12.3 Å². The van der Waals surface area contributed by atoms with Crippen molar-refractivity contribution in [2.45, 2.75) is 19.8 Å². The molecule has 0 aromatic heterocycles. The Hall–Kier alpha value is -0.580. The van der Waals surface area contributed by atoms with Crippen LogP contribution in [0.15, 0.2) is 24.3 Å². The Bertz CT molecular complexity index is 414. The van der Waals surface area contributed by atoms with Gasteiger partial charge in [-0.05, 0) is 30.5 Å². The zero-order valence-electron chi connectivity index (χ0n) is 9.24. The van der Waals surface area contributed by atoms with E-state index < -0.39 is 10.0 Å². The van der Waals surface area contributed by atoms with Gasteiger partial charge < -0.3 is 0 Å². The van der Waals surface area contributed by atoms with Crippen LogP contribution in [0.3, 0.4) is 0 Å². The van der Waals surface area contributed by atoms with Crippen molar-refractivity contribution in [1.29, 1.82) is 0 Å². The van der Waals surface area contributed by atoms with Crippen LogP contribution in [0.25, 0.3) is 0 Å². The van der Waals surface area contributed by atoms with E-state index in [2.05, 4.69) is 4.72 Å². The summed E-state index contributed by atoms with van der Waals surface area (Å²) in [6.45, 7) is 2.28. The molecule has 0 aliphatic heterocycles. The molecule has 1 aromatic carbocycles. The van der Waals surface area contributed by atoms with Gasteiger partial charge in [-0.15, -0.1) is 0 Å². The topological polar surface area (TPSA) is 46.2 Å². The third-order valence-corrected chi connectivity index (χ3v) is 3.96. The normalized spacial score (nSPS) is 11.6. The fourth-order valence-electron chi connectivity index (χ4n) is 1.34. The van der Waals surface area contributed by atoms with Crippen LogP contribution in [-0.2, 0) is 16.4 Å². The van der Waals surface area contributed by atoms with E-state index in [1.807, 2.05) is 19.1 Å². The zero-order valence-corrected chi connectivity index (χ0v) is 10.8. The molecule has 1 aromatic rings. The van der Waals surface area contributed by atoms with Crippen LogP contribution in [0.5, 0.6) is 0 Å². The molecule has 16 heavy (non-hydrogen) atoms. The summed E-state index contributed by atoms with van der Waals surface area (Å²) in [6.07, 6.45) is 1.32. The van der Waals surface area contributed by atoms with E-state index in [-0.39, 0.29) is 5.75 Å². The van der Waals surface area contributed by atoms with Gasteiger partial charge in [0.15, 0.2) is 0 Å². The fraction of sp³-hybridized carbons (Fsp3) is 0.455. The maximum absolute atomic E-state index is 11.3. The Labute approximate surface area is 102 Å². The molecule has 5 heteroatoms. The molecule has 0 fully saturated rings. The Morgan fingerprint density at radius 3 is 2.44 bits per heavy atom. The van der Waals surface area contributed by atoms with Crippen LogP contribution in [0.1, 0.15) is 18.9 Å². The minimum Gasteiger partial charge on any atom is -0.215 e. The number of hydrogen-bond donors (Lipinski definition) is 1. The Balaban J connectivity index is 2.39. The van der Waals surface area contributed by atoms with E-state index in [1.54, 1.807) is 12.1 Å². The van der Waals surface area contributed by atoms with Gasteiger partial charge in [-0.2, -0.15) is 0 Å². The summed E-state index contributed by atoms with van der Waals surface area (Å²) in [5, 5.41) is 0.690. The predicted octanol–water partition coefficient (Wildman–Crippen LogP) is 2.21. The Morgan fingerprint density at radius 1 is 1.25 bits per heavy atom. The van der Waals surface area contributed by atoms with Gasteiger partial charge in [0, 0.05) is 11.6 Å². The van der Waals surface area contributed by atoms with Crippen molar-refractivity contribution < 1.29 is 8.42 Å². The Morgan fingerprint density at radius 2 is 1.88 bits per heavy atom. The highest BCUT2D eigenvalue weighted by Crippen LogP contribution is 2.09. The average molecular weight is 262 g/mol. The highest BCUT2D eigenvalue weighted by Gasteiger charge is 2.06. The summed E-state index contributed by atoms with van der Waals surface area (Å²) < 4.78 is 25.2. The predicted molar refractivity (Wildman–Crippen MR) is 67.2 cm³/mol. The highest BCUT2D eigenvalue weighted by atomic mass is 35.5. The molecule has 0 atom stereocenters. The molecule has 0 heterocycles. The van der Waals surface area contributed by atoms with Gasteiger partial charge in [-0.3, -0.25) is 0 Å². The lowest BCUT2D eigenvalue weighted by molar-refractivity contribution is 0.580. The van der Waals surface area contributed by atoms with Gasteiger partial charge >= 0.3 is 0 Å². The van der Waals surface area contributed by atoms with Crippen LogP contribution >= 0.6 is 11.6 Å². The maximum Gasteiger partial charge on any atom is 0.211 e. The number of benzene rings is 1. The summed E-state index contributed by atoms with van der Waals surface area (Å²) in [5.74, 6) is 0.188. The first kappa shape index (κ1) is 13.5. The van der Waals surface area contributed by atoms with Crippen molar-refractivity contribution >= 4 is 21.6 Å². The summed E-state index contributed by atoms with van der Waals surface area (Å²) in [6, 6.07) is 7.40. The van der Waals surface area contributed by atoms with Crippen molar-refractivity contribution in [1.82, 2.24) is 4.72 Å². The third kappa shape index (κ3) is 4.96. The van der Waals surface area contributed by atoms with Crippen LogP contribution in [0.4, 0.5) is 0 Å². The molecule has 1 rings (SSSR count). The van der Waals surface area contributed by atoms with Crippen LogP contribution in [-0.4, -0.2) is 20.7 Å². The van der Waals surface area contributed by atoms with Gasteiger partial charge in [0.2, 0.25) is 10.0 Å². The first-order valence-corrected chi connectivity index (χ1v) is 7.28. The molecule has 1 N–H and O–H groups in total. The molecular formula is C11H16ClNO2S. The van der Waals surface area contributed by atoms with Crippen LogP contribution < -0.4 is 4.72 Å². The second kappa shape index (κ2) is 6.23. The molecule has 0 saturated carbocycles. The molecule has 0 unspecified atom stereocenters. The Kier molecular flexibility index (Phi) is 5.25. The summed E-state index contributed by atoms with van der Waals surface area (Å²) >= 11 is 5.75. The first-order chi connectivity index (χ1) is 7.53. The summed E-state index contributed by atoms with van der Waals surface area (Å²) in [5.41, 5.74) is 1.07. The van der Waals surface area contributed by atoms with Gasteiger partial charge in [-0.25, -0.2) is 13.1 Å². The summed E-state index contributed by atoms with van der Waals surface area (Å²) in [4.78, 5) is 0. The monoisotopic (exact) mass is 261 g/mol. The zero-order chi connectivity index (χ0) is 12.0. The highest BCUT2D eigenvalue weighted by molar-refractivity contribution is 7.89. The standard InChI is InChI=1S/C11H16ClNO2S/c1-2-9-16(14,15)13-8-7-10-3-5-11(12)6-4-10/h3-6,13H,2,7-9H2,1H3. The van der Waals surface area contributed by atoms with E-state index in [4.69, 9.17) is 11.6 Å². The lowest BCUT2D eigenvalue weighted by atomic mass is 10.2. The maximum atomic E-state index is 11.3. The van der Waals surface area contributed by atoms with Gasteiger partial charge in [-0.1, -0.05) is 30.7 Å². The van der Waals surface area contributed by atoms with E-state index in [0.717, 1.165) is 5.56 Å². The molecule has 0 spiro atoms. The summed E-state index contributed by atoms with van der Waals surface area (Å²) in [7, 11) is -3.09. The first-order valence-electron chi connectivity index (χ1n) is 5.25. The van der Waals surface area contributed by atoms with E-state index >= 15 is 0 Å². The van der Waals surface area contributed by atoms with Crippen LogP contribution in [0.2, 0.25) is 5.02 Å². The van der Waals surface area contributed by atoms with Gasteiger partial charge in [0.05, 0.1) is 5.75 Å². The average Bonchev–Trinajstić information content (AvgIpc) is 2.20. The second-order valence-electron chi connectivity index (χ2n) is 3.59.